The molecule has 1 heterocycles. The molecule has 1 aromatic carbocycles. The van der Waals surface area contributed by atoms with Crippen molar-refractivity contribution in [1.29, 1.82) is 0 Å². The first-order valence-corrected chi connectivity index (χ1v) is 6.86. The molecule has 2 unspecified atom stereocenters. The predicted octanol–water partition coefficient (Wildman–Crippen LogP) is 2.26. The van der Waals surface area contributed by atoms with Crippen molar-refractivity contribution in [1.82, 2.24) is 10.2 Å². The minimum absolute atomic E-state index is 0.178. The molecule has 2 rings (SSSR count). The fourth-order valence-corrected chi connectivity index (χ4v) is 2.83. The van der Waals surface area contributed by atoms with Gasteiger partial charge in [0, 0.05) is 30.8 Å². The first-order valence-electron chi connectivity index (χ1n) is 6.86. The second-order valence-electron chi connectivity index (χ2n) is 5.35. The third-order valence-corrected chi connectivity index (χ3v) is 4.01. The van der Waals surface area contributed by atoms with Crippen LogP contribution in [-0.2, 0) is 6.54 Å². The number of methoxy groups -OCH3 is 1. The molecule has 1 aromatic rings. The van der Waals surface area contributed by atoms with E-state index >= 15 is 0 Å². The highest BCUT2D eigenvalue weighted by molar-refractivity contribution is 5.28. The minimum atomic E-state index is -0.178. The largest absolute Gasteiger partial charge is 0.497 e. The first kappa shape index (κ1) is 14.3. The molecule has 4 heteroatoms. The zero-order valence-corrected chi connectivity index (χ0v) is 11.9. The Bertz CT molecular complexity index is 425. The SMILES string of the molecule is CNC1CCN(Cc2ccc(OC)cc2F)CC1C. The Balaban J connectivity index is 1.98. The van der Waals surface area contributed by atoms with E-state index in [0.29, 0.717) is 24.3 Å². The highest BCUT2D eigenvalue weighted by Gasteiger charge is 2.25. The van der Waals surface area contributed by atoms with E-state index < -0.39 is 0 Å². The average Bonchev–Trinajstić information content (AvgIpc) is 2.41. The number of hydrogen-bond acceptors (Lipinski definition) is 3. The van der Waals surface area contributed by atoms with Crippen LogP contribution in [-0.4, -0.2) is 38.2 Å². The lowest BCUT2D eigenvalue weighted by atomic mass is 9.94. The molecule has 2 atom stereocenters. The van der Waals surface area contributed by atoms with Crippen LogP contribution in [0, 0.1) is 11.7 Å². The molecule has 106 valence electrons. The minimum Gasteiger partial charge on any atom is -0.497 e. The van der Waals surface area contributed by atoms with Crippen molar-refractivity contribution in [2.45, 2.75) is 25.9 Å². The van der Waals surface area contributed by atoms with Gasteiger partial charge in [-0.3, -0.25) is 4.90 Å². The van der Waals surface area contributed by atoms with E-state index in [2.05, 4.69) is 17.1 Å². The van der Waals surface area contributed by atoms with Crippen molar-refractivity contribution >= 4 is 0 Å². The van der Waals surface area contributed by atoms with Gasteiger partial charge in [0.15, 0.2) is 0 Å². The molecular weight excluding hydrogens is 243 g/mol. The highest BCUT2D eigenvalue weighted by atomic mass is 19.1. The Morgan fingerprint density at radius 2 is 2.26 bits per heavy atom. The van der Waals surface area contributed by atoms with E-state index in [4.69, 9.17) is 4.74 Å². The molecule has 0 aromatic heterocycles. The molecule has 0 radical (unpaired) electrons. The summed E-state index contributed by atoms with van der Waals surface area (Å²) >= 11 is 0. The summed E-state index contributed by atoms with van der Waals surface area (Å²) in [5.74, 6) is 0.992. The van der Waals surface area contributed by atoms with Gasteiger partial charge in [-0.05, 0) is 32.0 Å². The zero-order valence-electron chi connectivity index (χ0n) is 11.9. The maximum Gasteiger partial charge on any atom is 0.131 e. The summed E-state index contributed by atoms with van der Waals surface area (Å²) in [6.45, 7) is 4.95. The number of halogens is 1. The third-order valence-electron chi connectivity index (χ3n) is 4.01. The van der Waals surface area contributed by atoms with Gasteiger partial charge >= 0.3 is 0 Å². The van der Waals surface area contributed by atoms with E-state index in [1.54, 1.807) is 7.11 Å². The highest BCUT2D eigenvalue weighted by Crippen LogP contribution is 2.21. The smallest absolute Gasteiger partial charge is 0.131 e. The van der Waals surface area contributed by atoms with Crippen LogP contribution in [0.4, 0.5) is 4.39 Å². The Morgan fingerprint density at radius 1 is 1.47 bits per heavy atom. The quantitative estimate of drug-likeness (QED) is 0.904. The molecule has 19 heavy (non-hydrogen) atoms. The number of rotatable bonds is 4. The third kappa shape index (κ3) is 3.45. The summed E-state index contributed by atoms with van der Waals surface area (Å²) in [4.78, 5) is 2.32. The van der Waals surface area contributed by atoms with Crippen LogP contribution >= 0.6 is 0 Å². The van der Waals surface area contributed by atoms with Crippen LogP contribution in [0.2, 0.25) is 0 Å². The number of hydrogen-bond donors (Lipinski definition) is 1. The van der Waals surface area contributed by atoms with Gasteiger partial charge in [-0.2, -0.15) is 0 Å². The number of likely N-dealkylation sites (tertiary alicyclic amines) is 1. The fraction of sp³-hybridized carbons (Fsp3) is 0.600. The lowest BCUT2D eigenvalue weighted by Crippen LogP contribution is -2.46. The Labute approximate surface area is 114 Å². The van der Waals surface area contributed by atoms with E-state index in [0.717, 1.165) is 25.1 Å². The molecule has 0 saturated carbocycles. The summed E-state index contributed by atoms with van der Waals surface area (Å²) in [6.07, 6.45) is 1.12. The summed E-state index contributed by atoms with van der Waals surface area (Å²) in [5.41, 5.74) is 0.746. The van der Waals surface area contributed by atoms with Crippen molar-refractivity contribution in [2.24, 2.45) is 5.92 Å². The van der Waals surface area contributed by atoms with Crippen molar-refractivity contribution in [3.05, 3.63) is 29.6 Å². The topological polar surface area (TPSA) is 24.5 Å². The molecule has 0 amide bonds. The van der Waals surface area contributed by atoms with Gasteiger partial charge in [0.2, 0.25) is 0 Å². The maximum absolute atomic E-state index is 13.9. The number of ether oxygens (including phenoxy) is 1. The van der Waals surface area contributed by atoms with Gasteiger partial charge in [0.1, 0.15) is 11.6 Å². The maximum atomic E-state index is 13.9. The van der Waals surface area contributed by atoms with Crippen molar-refractivity contribution in [3.63, 3.8) is 0 Å². The van der Waals surface area contributed by atoms with E-state index in [9.17, 15) is 4.39 Å². The summed E-state index contributed by atoms with van der Waals surface area (Å²) < 4.78 is 18.9. The van der Waals surface area contributed by atoms with Crippen LogP contribution in [0.1, 0.15) is 18.9 Å². The van der Waals surface area contributed by atoms with Gasteiger partial charge in [0.05, 0.1) is 7.11 Å². The van der Waals surface area contributed by atoms with Gasteiger partial charge in [-0.25, -0.2) is 4.39 Å². The van der Waals surface area contributed by atoms with E-state index in [1.165, 1.54) is 6.07 Å². The summed E-state index contributed by atoms with van der Waals surface area (Å²) in [7, 11) is 3.57. The van der Waals surface area contributed by atoms with Gasteiger partial charge < -0.3 is 10.1 Å². The molecule has 1 saturated heterocycles. The van der Waals surface area contributed by atoms with E-state index in [-0.39, 0.29) is 5.82 Å². The Morgan fingerprint density at radius 3 is 2.84 bits per heavy atom. The van der Waals surface area contributed by atoms with Gasteiger partial charge in [-0.15, -0.1) is 0 Å². The zero-order chi connectivity index (χ0) is 13.8. The van der Waals surface area contributed by atoms with Gasteiger partial charge in [0.25, 0.3) is 0 Å². The molecule has 0 spiro atoms. The normalized spacial score (nSPS) is 24.4. The second kappa shape index (κ2) is 6.35. The van der Waals surface area contributed by atoms with Crippen LogP contribution in [0.15, 0.2) is 18.2 Å². The monoisotopic (exact) mass is 266 g/mol. The van der Waals surface area contributed by atoms with Crippen molar-refractivity contribution < 1.29 is 9.13 Å². The molecule has 1 N–H and O–H groups in total. The van der Waals surface area contributed by atoms with Crippen LogP contribution in [0.3, 0.4) is 0 Å². The molecule has 0 aliphatic carbocycles. The number of piperidine rings is 1. The van der Waals surface area contributed by atoms with Crippen LogP contribution < -0.4 is 10.1 Å². The van der Waals surface area contributed by atoms with E-state index in [1.807, 2.05) is 19.2 Å². The average molecular weight is 266 g/mol. The molecule has 1 fully saturated rings. The predicted molar refractivity (Wildman–Crippen MR) is 74.9 cm³/mol. The number of nitrogens with one attached hydrogen (secondary N) is 1. The molecule has 0 bridgehead atoms. The number of benzene rings is 1. The van der Waals surface area contributed by atoms with Gasteiger partial charge in [-0.1, -0.05) is 13.0 Å². The first-order chi connectivity index (χ1) is 9.13. The molecule has 1 aliphatic heterocycles. The molecule has 3 nitrogen and oxygen atoms in total. The summed E-state index contributed by atoms with van der Waals surface area (Å²) in [5, 5.41) is 3.35. The van der Waals surface area contributed by atoms with Crippen LogP contribution in [0.5, 0.6) is 5.75 Å². The Kier molecular flexibility index (Phi) is 4.77. The molecule has 1 aliphatic rings. The van der Waals surface area contributed by atoms with Crippen LogP contribution in [0.25, 0.3) is 0 Å². The van der Waals surface area contributed by atoms with Crippen molar-refractivity contribution in [3.8, 4) is 5.75 Å². The molecular formula is C15H23FN2O. The fourth-order valence-electron chi connectivity index (χ4n) is 2.83. The lowest BCUT2D eigenvalue weighted by molar-refractivity contribution is 0.143. The summed E-state index contributed by atoms with van der Waals surface area (Å²) in [6, 6.07) is 5.68. The second-order valence-corrected chi connectivity index (χ2v) is 5.35. The lowest BCUT2D eigenvalue weighted by Gasteiger charge is -2.36. The Hall–Kier alpha value is -1.13. The standard InChI is InChI=1S/C15H23FN2O/c1-11-9-18(7-6-15(11)17-2)10-12-4-5-13(19-3)8-14(12)16/h4-5,8,11,15,17H,6-7,9-10H2,1-3H3. The van der Waals surface area contributed by atoms with Crippen molar-refractivity contribution in [2.75, 3.05) is 27.2 Å². The number of nitrogens with zero attached hydrogens (tertiary/aromatic N) is 1.